The lowest BCUT2D eigenvalue weighted by atomic mass is 10.1. The van der Waals surface area contributed by atoms with Crippen molar-refractivity contribution >= 4 is 11.0 Å². The van der Waals surface area contributed by atoms with Crippen molar-refractivity contribution in [1.29, 1.82) is 0 Å². The SMILES string of the molecule is CC(C)c1ocnc1Cn1cnc2c(cnn2Cc2ccccc2)c1=O. The smallest absolute Gasteiger partial charge is 0.264 e. The summed E-state index contributed by atoms with van der Waals surface area (Å²) < 4.78 is 8.72. The standard InChI is InChI=1S/C19H19N5O2/c1-13(2)17-16(21-12-26-17)10-23-11-20-18-15(19(23)25)8-22-24(18)9-14-6-4-3-5-7-14/h3-8,11-13H,9-10H2,1-2H3. The van der Waals surface area contributed by atoms with Gasteiger partial charge < -0.3 is 4.42 Å². The van der Waals surface area contributed by atoms with Crippen molar-refractivity contribution in [3.63, 3.8) is 0 Å². The third-order valence-electron chi connectivity index (χ3n) is 4.31. The maximum Gasteiger partial charge on any atom is 0.264 e. The van der Waals surface area contributed by atoms with E-state index in [1.807, 2.05) is 44.2 Å². The summed E-state index contributed by atoms with van der Waals surface area (Å²) in [4.78, 5) is 21.5. The van der Waals surface area contributed by atoms with Gasteiger partial charge in [-0.25, -0.2) is 14.6 Å². The predicted octanol–water partition coefficient (Wildman–Crippen LogP) is 2.80. The Morgan fingerprint density at radius 1 is 1.12 bits per heavy atom. The van der Waals surface area contributed by atoms with Crippen LogP contribution in [0.4, 0.5) is 0 Å². The summed E-state index contributed by atoms with van der Waals surface area (Å²) >= 11 is 0. The molecule has 4 rings (SSSR count). The second kappa shape index (κ2) is 6.59. The van der Waals surface area contributed by atoms with E-state index >= 15 is 0 Å². The van der Waals surface area contributed by atoms with Crippen LogP contribution in [-0.2, 0) is 13.1 Å². The Morgan fingerprint density at radius 2 is 1.92 bits per heavy atom. The van der Waals surface area contributed by atoms with Gasteiger partial charge in [0, 0.05) is 5.92 Å². The van der Waals surface area contributed by atoms with E-state index in [4.69, 9.17) is 4.42 Å². The van der Waals surface area contributed by atoms with E-state index in [9.17, 15) is 4.79 Å². The summed E-state index contributed by atoms with van der Waals surface area (Å²) in [6.45, 7) is 4.96. The monoisotopic (exact) mass is 349 g/mol. The molecular formula is C19H19N5O2. The molecule has 4 aromatic rings. The molecule has 7 nitrogen and oxygen atoms in total. The number of benzene rings is 1. The van der Waals surface area contributed by atoms with Crippen molar-refractivity contribution in [3.8, 4) is 0 Å². The van der Waals surface area contributed by atoms with Crippen molar-refractivity contribution < 1.29 is 4.42 Å². The molecule has 0 aliphatic rings. The molecule has 0 bridgehead atoms. The van der Waals surface area contributed by atoms with Gasteiger partial charge in [0.25, 0.3) is 5.56 Å². The third kappa shape index (κ3) is 2.92. The zero-order valence-electron chi connectivity index (χ0n) is 14.7. The fourth-order valence-corrected chi connectivity index (χ4v) is 3.01. The topological polar surface area (TPSA) is 78.7 Å². The number of rotatable bonds is 5. The summed E-state index contributed by atoms with van der Waals surface area (Å²) in [7, 11) is 0. The number of oxazole rings is 1. The van der Waals surface area contributed by atoms with Crippen LogP contribution in [0, 0.1) is 0 Å². The van der Waals surface area contributed by atoms with Gasteiger partial charge in [0.15, 0.2) is 12.0 Å². The van der Waals surface area contributed by atoms with Gasteiger partial charge in [0.2, 0.25) is 0 Å². The van der Waals surface area contributed by atoms with E-state index in [0.29, 0.717) is 24.1 Å². The summed E-state index contributed by atoms with van der Waals surface area (Å²) in [6, 6.07) is 9.97. The van der Waals surface area contributed by atoms with Crippen molar-refractivity contribution in [3.05, 3.63) is 76.6 Å². The van der Waals surface area contributed by atoms with E-state index in [0.717, 1.165) is 17.0 Å². The van der Waals surface area contributed by atoms with Crippen molar-refractivity contribution in [2.24, 2.45) is 0 Å². The molecule has 0 aliphatic carbocycles. The number of aromatic nitrogens is 5. The van der Waals surface area contributed by atoms with Crippen LogP contribution in [0.2, 0.25) is 0 Å². The average Bonchev–Trinajstić information content (AvgIpc) is 3.26. The van der Waals surface area contributed by atoms with E-state index in [1.54, 1.807) is 21.8 Å². The molecule has 0 fully saturated rings. The van der Waals surface area contributed by atoms with E-state index in [2.05, 4.69) is 15.1 Å². The number of nitrogens with zero attached hydrogens (tertiary/aromatic N) is 5. The van der Waals surface area contributed by atoms with Crippen molar-refractivity contribution in [1.82, 2.24) is 24.3 Å². The average molecular weight is 349 g/mol. The number of hydrogen-bond donors (Lipinski definition) is 0. The molecule has 0 N–H and O–H groups in total. The van der Waals surface area contributed by atoms with Gasteiger partial charge in [-0.1, -0.05) is 44.2 Å². The number of fused-ring (bicyclic) bond motifs is 1. The van der Waals surface area contributed by atoms with Gasteiger partial charge in [-0.05, 0) is 5.56 Å². The van der Waals surface area contributed by atoms with Gasteiger partial charge >= 0.3 is 0 Å². The highest BCUT2D eigenvalue weighted by Gasteiger charge is 2.15. The molecule has 3 heterocycles. The minimum Gasteiger partial charge on any atom is -0.448 e. The summed E-state index contributed by atoms with van der Waals surface area (Å²) in [5, 5.41) is 4.84. The van der Waals surface area contributed by atoms with Gasteiger partial charge in [0.1, 0.15) is 23.2 Å². The largest absolute Gasteiger partial charge is 0.448 e. The molecule has 0 saturated carbocycles. The molecular weight excluding hydrogens is 330 g/mol. The Labute approximate surface area is 149 Å². The van der Waals surface area contributed by atoms with Crippen molar-refractivity contribution in [2.75, 3.05) is 0 Å². The normalized spacial score (nSPS) is 11.5. The van der Waals surface area contributed by atoms with Crippen LogP contribution >= 0.6 is 0 Å². The van der Waals surface area contributed by atoms with Gasteiger partial charge in [-0.2, -0.15) is 5.10 Å². The zero-order chi connectivity index (χ0) is 18.1. The molecule has 0 unspecified atom stereocenters. The van der Waals surface area contributed by atoms with Crippen LogP contribution in [-0.4, -0.2) is 24.3 Å². The van der Waals surface area contributed by atoms with Crippen LogP contribution in [0.15, 0.2) is 58.5 Å². The molecule has 0 atom stereocenters. The Hall–Kier alpha value is -3.22. The summed E-state index contributed by atoms with van der Waals surface area (Å²) in [5.74, 6) is 0.991. The first kappa shape index (κ1) is 16.3. The second-order valence-electron chi connectivity index (χ2n) is 6.52. The minimum atomic E-state index is -0.132. The quantitative estimate of drug-likeness (QED) is 0.553. The van der Waals surface area contributed by atoms with Gasteiger partial charge in [0.05, 0.1) is 19.3 Å². The molecule has 0 amide bonds. The van der Waals surface area contributed by atoms with E-state index < -0.39 is 0 Å². The molecule has 7 heteroatoms. The van der Waals surface area contributed by atoms with Gasteiger partial charge in [-0.15, -0.1) is 0 Å². The predicted molar refractivity (Wildman–Crippen MR) is 97.0 cm³/mol. The molecule has 132 valence electrons. The fourth-order valence-electron chi connectivity index (χ4n) is 3.01. The second-order valence-corrected chi connectivity index (χ2v) is 6.52. The lowest BCUT2D eigenvalue weighted by molar-refractivity contribution is 0.477. The maximum absolute atomic E-state index is 12.8. The lowest BCUT2D eigenvalue weighted by Crippen LogP contribution is -2.22. The Bertz CT molecular complexity index is 1090. The van der Waals surface area contributed by atoms with Crippen LogP contribution in [0.3, 0.4) is 0 Å². The van der Waals surface area contributed by atoms with Crippen LogP contribution in [0.1, 0.15) is 36.8 Å². The molecule has 0 aliphatic heterocycles. The Balaban J connectivity index is 1.68. The van der Waals surface area contributed by atoms with Gasteiger partial charge in [-0.3, -0.25) is 9.36 Å². The highest BCUT2D eigenvalue weighted by Crippen LogP contribution is 2.19. The highest BCUT2D eigenvalue weighted by molar-refractivity contribution is 5.73. The molecule has 0 saturated heterocycles. The minimum absolute atomic E-state index is 0.132. The Kier molecular flexibility index (Phi) is 4.12. The van der Waals surface area contributed by atoms with Crippen LogP contribution in [0.5, 0.6) is 0 Å². The molecule has 26 heavy (non-hydrogen) atoms. The highest BCUT2D eigenvalue weighted by atomic mass is 16.3. The zero-order valence-corrected chi connectivity index (χ0v) is 14.7. The third-order valence-corrected chi connectivity index (χ3v) is 4.31. The van der Waals surface area contributed by atoms with E-state index in [1.165, 1.54) is 6.39 Å². The van der Waals surface area contributed by atoms with Crippen LogP contribution < -0.4 is 5.56 Å². The summed E-state index contributed by atoms with van der Waals surface area (Å²) in [5.41, 5.74) is 2.30. The fraction of sp³-hybridized carbons (Fsp3) is 0.263. The first-order chi connectivity index (χ1) is 12.6. The molecule has 3 aromatic heterocycles. The molecule has 0 radical (unpaired) electrons. The number of hydrogen-bond acceptors (Lipinski definition) is 5. The van der Waals surface area contributed by atoms with Crippen LogP contribution in [0.25, 0.3) is 11.0 Å². The lowest BCUT2D eigenvalue weighted by Gasteiger charge is -2.07. The first-order valence-electron chi connectivity index (χ1n) is 8.50. The molecule has 0 spiro atoms. The molecule has 1 aromatic carbocycles. The first-order valence-corrected chi connectivity index (χ1v) is 8.50. The Morgan fingerprint density at radius 3 is 2.69 bits per heavy atom. The maximum atomic E-state index is 12.8. The van der Waals surface area contributed by atoms with Crippen molar-refractivity contribution in [2.45, 2.75) is 32.9 Å². The summed E-state index contributed by atoms with van der Waals surface area (Å²) in [6.07, 6.45) is 4.54. The van der Waals surface area contributed by atoms with E-state index in [-0.39, 0.29) is 11.5 Å².